The molecule has 0 aliphatic carbocycles. The Morgan fingerprint density at radius 1 is 1.40 bits per heavy atom. The highest BCUT2D eigenvalue weighted by Crippen LogP contribution is 2.42. The van der Waals surface area contributed by atoms with Gasteiger partial charge in [-0.15, -0.1) is 0 Å². The van der Waals surface area contributed by atoms with Crippen LogP contribution in [0.3, 0.4) is 0 Å². The molecule has 3 heterocycles. The summed E-state index contributed by atoms with van der Waals surface area (Å²) in [6.07, 6.45) is 8.20. The number of nitrogens with zero attached hydrogens (tertiary/aromatic N) is 3. The van der Waals surface area contributed by atoms with Gasteiger partial charge in [0.2, 0.25) is 0 Å². The second kappa shape index (κ2) is 5.84. The Kier molecular flexibility index (Phi) is 4.10. The zero-order valence-corrected chi connectivity index (χ0v) is 12.6. The maximum absolute atomic E-state index is 5.90. The number of rotatable bonds is 5. The first-order chi connectivity index (χ1) is 9.74. The van der Waals surface area contributed by atoms with Gasteiger partial charge < -0.3 is 4.90 Å². The van der Waals surface area contributed by atoms with Crippen LogP contribution >= 0.6 is 0 Å². The average Bonchev–Trinajstić information content (AvgIpc) is 2.94. The van der Waals surface area contributed by atoms with Crippen molar-refractivity contribution in [1.82, 2.24) is 20.1 Å². The van der Waals surface area contributed by atoms with E-state index in [9.17, 15) is 0 Å². The Balaban J connectivity index is 1.78. The van der Waals surface area contributed by atoms with Crippen molar-refractivity contribution >= 4 is 0 Å². The molecular formula is C15H27N5. The second-order valence-electron chi connectivity index (χ2n) is 6.41. The monoisotopic (exact) mass is 277 g/mol. The minimum Gasteiger partial charge on any atom is -0.300 e. The van der Waals surface area contributed by atoms with Gasteiger partial charge in [-0.3, -0.25) is 16.0 Å². The fourth-order valence-corrected chi connectivity index (χ4v) is 4.19. The SMILES string of the molecule is CCCn1nccc1C(NN)C1CC2CCC(C1)N2C. The average molecular weight is 277 g/mol. The van der Waals surface area contributed by atoms with Crippen molar-refractivity contribution in [2.24, 2.45) is 11.8 Å². The third-order valence-electron chi connectivity index (χ3n) is 5.29. The maximum Gasteiger partial charge on any atom is 0.0658 e. The zero-order chi connectivity index (χ0) is 14.1. The van der Waals surface area contributed by atoms with Gasteiger partial charge >= 0.3 is 0 Å². The topological polar surface area (TPSA) is 59.1 Å². The lowest BCUT2D eigenvalue weighted by Crippen LogP contribution is -2.45. The number of fused-ring (bicyclic) bond motifs is 2. The van der Waals surface area contributed by atoms with Gasteiger partial charge in [0, 0.05) is 24.8 Å². The quantitative estimate of drug-likeness (QED) is 0.635. The van der Waals surface area contributed by atoms with E-state index < -0.39 is 0 Å². The predicted molar refractivity (Wildman–Crippen MR) is 79.9 cm³/mol. The summed E-state index contributed by atoms with van der Waals surface area (Å²) in [5.41, 5.74) is 4.33. The molecule has 112 valence electrons. The number of aryl methyl sites for hydroxylation is 1. The highest BCUT2D eigenvalue weighted by Gasteiger charge is 2.41. The molecule has 3 atom stereocenters. The molecule has 3 rings (SSSR count). The van der Waals surface area contributed by atoms with E-state index in [0.29, 0.717) is 5.92 Å². The molecule has 1 aromatic rings. The van der Waals surface area contributed by atoms with Crippen LogP contribution < -0.4 is 11.3 Å². The number of hydrogen-bond acceptors (Lipinski definition) is 4. The Labute approximate surface area is 121 Å². The molecule has 20 heavy (non-hydrogen) atoms. The predicted octanol–water partition coefficient (Wildman–Crippen LogP) is 1.67. The van der Waals surface area contributed by atoms with E-state index in [1.807, 2.05) is 6.20 Å². The number of aromatic nitrogens is 2. The molecule has 0 aromatic carbocycles. The van der Waals surface area contributed by atoms with E-state index in [2.05, 4.69) is 40.1 Å². The summed E-state index contributed by atoms with van der Waals surface area (Å²) in [7, 11) is 2.28. The van der Waals surface area contributed by atoms with Crippen LogP contribution in [-0.2, 0) is 6.54 Å². The summed E-state index contributed by atoms with van der Waals surface area (Å²) in [4.78, 5) is 2.58. The molecule has 0 saturated carbocycles. The van der Waals surface area contributed by atoms with Gasteiger partial charge in [0.05, 0.1) is 11.7 Å². The molecule has 5 heteroatoms. The molecule has 2 bridgehead atoms. The Hall–Kier alpha value is -0.910. The number of nitrogens with one attached hydrogen (secondary N) is 1. The first-order valence-electron chi connectivity index (χ1n) is 7.94. The normalized spacial score (nSPS) is 31.6. The van der Waals surface area contributed by atoms with E-state index in [1.54, 1.807) is 0 Å². The fourth-order valence-electron chi connectivity index (χ4n) is 4.19. The second-order valence-corrected chi connectivity index (χ2v) is 6.41. The van der Waals surface area contributed by atoms with Crippen molar-refractivity contribution in [3.8, 4) is 0 Å². The van der Waals surface area contributed by atoms with E-state index in [4.69, 9.17) is 5.84 Å². The lowest BCUT2D eigenvalue weighted by Gasteiger charge is -2.39. The van der Waals surface area contributed by atoms with Gasteiger partial charge in [-0.05, 0) is 51.1 Å². The third kappa shape index (κ3) is 2.38. The molecular weight excluding hydrogens is 250 g/mol. The molecule has 2 fully saturated rings. The molecule has 2 aliphatic rings. The van der Waals surface area contributed by atoms with E-state index in [0.717, 1.165) is 25.0 Å². The largest absolute Gasteiger partial charge is 0.300 e. The number of hydrazine groups is 1. The summed E-state index contributed by atoms with van der Waals surface area (Å²) in [6.45, 7) is 3.16. The van der Waals surface area contributed by atoms with Gasteiger partial charge in [-0.25, -0.2) is 0 Å². The minimum absolute atomic E-state index is 0.237. The van der Waals surface area contributed by atoms with Gasteiger partial charge in [0.15, 0.2) is 0 Å². The van der Waals surface area contributed by atoms with E-state index in [1.165, 1.54) is 31.4 Å². The molecule has 2 saturated heterocycles. The summed E-state index contributed by atoms with van der Waals surface area (Å²) in [6, 6.07) is 3.86. The van der Waals surface area contributed by atoms with Crippen molar-refractivity contribution in [3.63, 3.8) is 0 Å². The van der Waals surface area contributed by atoms with Crippen LogP contribution in [0.1, 0.15) is 50.8 Å². The van der Waals surface area contributed by atoms with Gasteiger partial charge in [0.25, 0.3) is 0 Å². The molecule has 0 radical (unpaired) electrons. The minimum atomic E-state index is 0.237. The van der Waals surface area contributed by atoms with Crippen LogP contribution in [0.4, 0.5) is 0 Å². The van der Waals surface area contributed by atoms with E-state index in [-0.39, 0.29) is 6.04 Å². The molecule has 2 aliphatic heterocycles. The molecule has 3 unspecified atom stereocenters. The number of hydrogen-bond donors (Lipinski definition) is 2. The maximum atomic E-state index is 5.90. The lowest BCUT2D eigenvalue weighted by atomic mass is 9.84. The van der Waals surface area contributed by atoms with Crippen molar-refractivity contribution in [2.75, 3.05) is 7.05 Å². The smallest absolute Gasteiger partial charge is 0.0658 e. The molecule has 0 spiro atoms. The van der Waals surface area contributed by atoms with Crippen molar-refractivity contribution in [2.45, 2.75) is 63.7 Å². The summed E-state index contributed by atoms with van der Waals surface area (Å²) in [5.74, 6) is 6.53. The summed E-state index contributed by atoms with van der Waals surface area (Å²) in [5, 5.41) is 4.45. The highest BCUT2D eigenvalue weighted by molar-refractivity contribution is 5.10. The summed E-state index contributed by atoms with van der Waals surface area (Å²) >= 11 is 0. The van der Waals surface area contributed by atoms with Crippen LogP contribution in [0.2, 0.25) is 0 Å². The van der Waals surface area contributed by atoms with Gasteiger partial charge in [0.1, 0.15) is 0 Å². The van der Waals surface area contributed by atoms with Crippen molar-refractivity contribution in [3.05, 3.63) is 18.0 Å². The first kappa shape index (κ1) is 14.0. The molecule has 0 amide bonds. The van der Waals surface area contributed by atoms with Crippen LogP contribution in [-0.4, -0.2) is 33.8 Å². The van der Waals surface area contributed by atoms with Crippen LogP contribution in [0, 0.1) is 5.92 Å². The van der Waals surface area contributed by atoms with Crippen LogP contribution in [0.5, 0.6) is 0 Å². The Bertz CT molecular complexity index is 429. The number of piperidine rings is 1. The van der Waals surface area contributed by atoms with Crippen LogP contribution in [0.25, 0.3) is 0 Å². The molecule has 1 aromatic heterocycles. The first-order valence-corrected chi connectivity index (χ1v) is 7.94. The fraction of sp³-hybridized carbons (Fsp3) is 0.800. The standard InChI is InChI=1S/C15H27N5/c1-3-8-20-14(6-7-17-20)15(18-16)11-9-12-4-5-13(10-11)19(12)2/h6-7,11-13,15,18H,3-5,8-10,16H2,1-2H3. The van der Waals surface area contributed by atoms with Crippen LogP contribution in [0.15, 0.2) is 12.3 Å². The Morgan fingerprint density at radius 3 is 2.70 bits per heavy atom. The van der Waals surface area contributed by atoms with Crippen molar-refractivity contribution in [1.29, 1.82) is 0 Å². The van der Waals surface area contributed by atoms with Crippen molar-refractivity contribution < 1.29 is 0 Å². The lowest BCUT2D eigenvalue weighted by molar-refractivity contribution is 0.110. The van der Waals surface area contributed by atoms with Gasteiger partial charge in [-0.1, -0.05) is 6.92 Å². The molecule has 3 N–H and O–H groups in total. The Morgan fingerprint density at radius 2 is 2.10 bits per heavy atom. The third-order valence-corrected chi connectivity index (χ3v) is 5.29. The zero-order valence-electron chi connectivity index (χ0n) is 12.6. The van der Waals surface area contributed by atoms with Gasteiger partial charge in [-0.2, -0.15) is 5.10 Å². The van der Waals surface area contributed by atoms with E-state index >= 15 is 0 Å². The number of nitrogens with two attached hydrogens (primary N) is 1. The molecule has 5 nitrogen and oxygen atoms in total. The summed E-state index contributed by atoms with van der Waals surface area (Å²) < 4.78 is 2.12. The highest BCUT2D eigenvalue weighted by atomic mass is 15.3.